The summed E-state index contributed by atoms with van der Waals surface area (Å²) >= 11 is 0. The van der Waals surface area contributed by atoms with E-state index in [0.29, 0.717) is 10.9 Å². The van der Waals surface area contributed by atoms with E-state index in [4.69, 9.17) is 18.9 Å². The number of rotatable bonds is 4. The van der Waals surface area contributed by atoms with Crippen molar-refractivity contribution in [1.82, 2.24) is 9.88 Å². The summed E-state index contributed by atoms with van der Waals surface area (Å²) in [5.41, 5.74) is -1.17. The number of fused-ring (bicyclic) bond motifs is 1. The molecule has 1 aromatic carbocycles. The third kappa shape index (κ3) is 6.60. The molecule has 0 aliphatic rings. The van der Waals surface area contributed by atoms with E-state index in [9.17, 15) is 19.2 Å². The van der Waals surface area contributed by atoms with Crippen molar-refractivity contribution in [3.8, 4) is 0 Å². The smallest absolute Gasteiger partial charge is 0.419 e. The molecule has 1 heterocycles. The van der Waals surface area contributed by atoms with Crippen LogP contribution in [-0.2, 0) is 23.7 Å². The first-order valence-electron chi connectivity index (χ1n) is 10.4. The standard InChI is InChI=1S/C24H30N2O8/c1-23(2,3)33-21(29)25-17(20(28)32-8)12-14-13-26(22(30)34-24(4,5)6)18-15(14)10-9-11-16(18)19(27)31-7/h9-13H,1-8H3,(H,25,29)/b17-12-. The third-order valence-corrected chi connectivity index (χ3v) is 4.19. The second-order valence-corrected chi connectivity index (χ2v) is 9.30. The van der Waals surface area contributed by atoms with E-state index in [-0.39, 0.29) is 16.8 Å². The first-order valence-corrected chi connectivity index (χ1v) is 10.4. The Bertz CT molecular complexity index is 1150. The zero-order valence-electron chi connectivity index (χ0n) is 20.6. The fraction of sp³-hybridized carbons (Fsp3) is 0.417. The lowest BCUT2D eigenvalue weighted by atomic mass is 10.1. The molecule has 1 amide bonds. The molecule has 0 aliphatic heterocycles. The summed E-state index contributed by atoms with van der Waals surface area (Å²) in [5, 5.41) is 2.80. The lowest BCUT2D eigenvalue weighted by Gasteiger charge is -2.20. The Morgan fingerprint density at radius 2 is 1.53 bits per heavy atom. The van der Waals surface area contributed by atoms with Crippen LogP contribution in [0.3, 0.4) is 0 Å². The minimum atomic E-state index is -0.865. The Hall–Kier alpha value is -3.82. The molecular formula is C24H30N2O8. The van der Waals surface area contributed by atoms with Gasteiger partial charge < -0.3 is 18.9 Å². The van der Waals surface area contributed by atoms with Gasteiger partial charge in [-0.25, -0.2) is 19.2 Å². The highest BCUT2D eigenvalue weighted by Crippen LogP contribution is 2.28. The molecule has 1 aromatic heterocycles. The number of ether oxygens (including phenoxy) is 4. The van der Waals surface area contributed by atoms with Gasteiger partial charge in [0.05, 0.1) is 25.3 Å². The van der Waals surface area contributed by atoms with Gasteiger partial charge in [0.2, 0.25) is 0 Å². The molecule has 0 saturated heterocycles. The molecular weight excluding hydrogens is 444 g/mol. The number of methoxy groups -OCH3 is 2. The topological polar surface area (TPSA) is 122 Å². The third-order valence-electron chi connectivity index (χ3n) is 4.19. The average molecular weight is 475 g/mol. The molecule has 0 bridgehead atoms. The molecule has 184 valence electrons. The number of nitrogens with zero attached hydrogens (tertiary/aromatic N) is 1. The van der Waals surface area contributed by atoms with Crippen LogP contribution in [0.1, 0.15) is 57.5 Å². The van der Waals surface area contributed by atoms with E-state index >= 15 is 0 Å². The molecule has 0 saturated carbocycles. The van der Waals surface area contributed by atoms with Gasteiger partial charge >= 0.3 is 24.1 Å². The highest BCUT2D eigenvalue weighted by Gasteiger charge is 2.25. The quantitative estimate of drug-likeness (QED) is 0.396. The number of carbonyl (C=O) groups excluding carboxylic acids is 4. The fourth-order valence-electron chi connectivity index (χ4n) is 2.98. The van der Waals surface area contributed by atoms with Gasteiger partial charge in [0.1, 0.15) is 16.9 Å². The highest BCUT2D eigenvalue weighted by atomic mass is 16.6. The van der Waals surface area contributed by atoms with Crippen molar-refractivity contribution < 1.29 is 38.1 Å². The average Bonchev–Trinajstić information content (AvgIpc) is 3.08. The Labute approximate surface area is 197 Å². The number of amides is 1. The molecule has 0 unspecified atom stereocenters. The predicted octanol–water partition coefficient (Wildman–Crippen LogP) is 4.25. The van der Waals surface area contributed by atoms with Crippen molar-refractivity contribution >= 4 is 41.1 Å². The monoisotopic (exact) mass is 474 g/mol. The first-order chi connectivity index (χ1) is 15.7. The summed E-state index contributed by atoms with van der Waals surface area (Å²) < 4.78 is 21.5. The molecule has 0 aliphatic carbocycles. The van der Waals surface area contributed by atoms with Crippen LogP contribution in [0.4, 0.5) is 9.59 Å². The van der Waals surface area contributed by atoms with E-state index < -0.39 is 35.3 Å². The van der Waals surface area contributed by atoms with Crippen LogP contribution in [-0.4, -0.2) is 54.1 Å². The normalized spacial score (nSPS) is 12.2. The molecule has 0 atom stereocenters. The summed E-state index contributed by atoms with van der Waals surface area (Å²) in [4.78, 5) is 50.0. The van der Waals surface area contributed by atoms with Crippen LogP contribution >= 0.6 is 0 Å². The summed E-state index contributed by atoms with van der Waals surface area (Å²) in [5.74, 6) is -1.50. The van der Waals surface area contributed by atoms with Gasteiger partial charge in [0.15, 0.2) is 0 Å². The molecule has 34 heavy (non-hydrogen) atoms. The van der Waals surface area contributed by atoms with Crippen molar-refractivity contribution in [2.45, 2.75) is 52.7 Å². The van der Waals surface area contributed by atoms with Crippen LogP contribution in [0.5, 0.6) is 0 Å². The van der Waals surface area contributed by atoms with Crippen LogP contribution in [0.2, 0.25) is 0 Å². The van der Waals surface area contributed by atoms with Crippen molar-refractivity contribution in [3.05, 3.63) is 41.2 Å². The maximum Gasteiger partial charge on any atom is 0.419 e. The molecule has 0 radical (unpaired) electrons. The zero-order chi connectivity index (χ0) is 25.8. The van der Waals surface area contributed by atoms with E-state index in [1.807, 2.05) is 0 Å². The lowest BCUT2D eigenvalue weighted by Crippen LogP contribution is -2.34. The Balaban J connectivity index is 2.71. The van der Waals surface area contributed by atoms with Crippen LogP contribution in [0.25, 0.3) is 17.0 Å². The number of nitrogens with one attached hydrogen (secondary N) is 1. The SMILES string of the molecule is COC(=O)/C(=C/c1cn(C(=O)OC(C)(C)C)c2c(C(=O)OC)cccc12)NC(=O)OC(C)(C)C. The van der Waals surface area contributed by atoms with Crippen LogP contribution in [0, 0.1) is 0 Å². The number of aromatic nitrogens is 1. The molecule has 2 aromatic rings. The maximum atomic E-state index is 12.9. The molecule has 10 heteroatoms. The number of carbonyl (C=O) groups is 4. The number of alkyl carbamates (subject to hydrolysis) is 1. The van der Waals surface area contributed by atoms with Crippen molar-refractivity contribution in [3.63, 3.8) is 0 Å². The molecule has 2 rings (SSSR count). The van der Waals surface area contributed by atoms with E-state index in [0.717, 1.165) is 11.7 Å². The van der Waals surface area contributed by atoms with Crippen molar-refractivity contribution in [2.75, 3.05) is 14.2 Å². The van der Waals surface area contributed by atoms with Crippen LogP contribution in [0.15, 0.2) is 30.1 Å². The Morgan fingerprint density at radius 1 is 0.912 bits per heavy atom. The van der Waals surface area contributed by atoms with E-state index in [1.165, 1.54) is 25.4 Å². The van der Waals surface area contributed by atoms with Gasteiger partial charge in [-0.15, -0.1) is 0 Å². The van der Waals surface area contributed by atoms with Crippen molar-refractivity contribution in [1.29, 1.82) is 0 Å². The first kappa shape index (κ1) is 26.4. The number of esters is 2. The Kier molecular flexibility index (Phi) is 7.76. The largest absolute Gasteiger partial charge is 0.465 e. The number of benzene rings is 1. The number of hydrogen-bond donors (Lipinski definition) is 1. The lowest BCUT2D eigenvalue weighted by molar-refractivity contribution is -0.136. The Morgan fingerprint density at radius 3 is 2.06 bits per heavy atom. The second-order valence-electron chi connectivity index (χ2n) is 9.30. The molecule has 1 N–H and O–H groups in total. The highest BCUT2D eigenvalue weighted by molar-refractivity contribution is 6.09. The summed E-state index contributed by atoms with van der Waals surface area (Å²) in [7, 11) is 2.38. The minimum Gasteiger partial charge on any atom is -0.465 e. The molecule has 0 fully saturated rings. The second kappa shape index (κ2) is 9.98. The van der Waals surface area contributed by atoms with E-state index in [2.05, 4.69) is 5.32 Å². The predicted molar refractivity (Wildman–Crippen MR) is 124 cm³/mol. The summed E-state index contributed by atoms with van der Waals surface area (Å²) in [6.07, 6.45) is 1.11. The zero-order valence-corrected chi connectivity index (χ0v) is 20.6. The van der Waals surface area contributed by atoms with Gasteiger partial charge in [0, 0.05) is 17.1 Å². The summed E-state index contributed by atoms with van der Waals surface area (Å²) in [6, 6.07) is 4.75. The van der Waals surface area contributed by atoms with Gasteiger partial charge in [0.25, 0.3) is 0 Å². The molecule has 10 nitrogen and oxygen atoms in total. The van der Waals surface area contributed by atoms with Gasteiger partial charge in [-0.3, -0.25) is 9.88 Å². The van der Waals surface area contributed by atoms with Gasteiger partial charge in [-0.1, -0.05) is 12.1 Å². The summed E-state index contributed by atoms with van der Waals surface area (Å²) in [6.45, 7) is 10.2. The molecule has 0 spiro atoms. The van der Waals surface area contributed by atoms with Crippen LogP contribution < -0.4 is 5.32 Å². The number of para-hydroxylation sites is 1. The fourth-order valence-corrected chi connectivity index (χ4v) is 2.98. The number of hydrogen-bond acceptors (Lipinski definition) is 8. The van der Waals surface area contributed by atoms with Gasteiger partial charge in [-0.05, 0) is 53.7 Å². The van der Waals surface area contributed by atoms with Crippen molar-refractivity contribution in [2.24, 2.45) is 0 Å². The minimum absolute atomic E-state index is 0.116. The maximum absolute atomic E-state index is 12.9. The van der Waals surface area contributed by atoms with Gasteiger partial charge in [-0.2, -0.15) is 0 Å². The van der Waals surface area contributed by atoms with E-state index in [1.54, 1.807) is 53.7 Å².